The molecule has 0 aliphatic heterocycles. The molecule has 0 aromatic heterocycles. The molecule has 0 amide bonds. The maximum Gasteiger partial charge on any atom is 0.166 e. The summed E-state index contributed by atoms with van der Waals surface area (Å²) in [5.41, 5.74) is 0.707. The second kappa shape index (κ2) is 5.01. The lowest BCUT2D eigenvalue weighted by atomic mass is 10.0. The maximum atomic E-state index is 13.0. The molecule has 0 bridgehead atoms. The van der Waals surface area contributed by atoms with Crippen molar-refractivity contribution in [1.29, 1.82) is 0 Å². The molecule has 0 radical (unpaired) electrons. The summed E-state index contributed by atoms with van der Waals surface area (Å²) >= 11 is 0. The Labute approximate surface area is 90.1 Å². The van der Waals surface area contributed by atoms with Gasteiger partial charge in [0.25, 0.3) is 0 Å². The molecule has 15 heavy (non-hydrogen) atoms. The Morgan fingerprint density at radius 1 is 1.40 bits per heavy atom. The third kappa shape index (κ3) is 3.11. The van der Waals surface area contributed by atoms with E-state index in [0.717, 1.165) is 6.42 Å². The molecule has 0 aliphatic rings. The number of halogens is 1. The maximum absolute atomic E-state index is 13.0. The van der Waals surface area contributed by atoms with E-state index in [0.29, 0.717) is 17.6 Å². The molecule has 2 nitrogen and oxygen atoms in total. The van der Waals surface area contributed by atoms with Crippen LogP contribution in [-0.4, -0.2) is 11.1 Å². The lowest BCUT2D eigenvalue weighted by Gasteiger charge is -2.21. The molecule has 2 unspecified atom stereocenters. The van der Waals surface area contributed by atoms with E-state index in [-0.39, 0.29) is 5.75 Å². The summed E-state index contributed by atoms with van der Waals surface area (Å²) in [7, 11) is 0. The highest BCUT2D eigenvalue weighted by molar-refractivity contribution is 5.47. The van der Waals surface area contributed by atoms with Gasteiger partial charge in [0.05, 0.1) is 0 Å². The summed E-state index contributed by atoms with van der Waals surface area (Å²) in [6, 6.07) is 4.64. The monoisotopic (exact) mass is 211 g/mol. The van der Waals surface area contributed by atoms with Gasteiger partial charge in [0, 0.05) is 17.8 Å². The van der Waals surface area contributed by atoms with Gasteiger partial charge in [-0.3, -0.25) is 0 Å². The minimum absolute atomic E-state index is 0.291. The Balaban J connectivity index is 2.68. The van der Waals surface area contributed by atoms with Crippen molar-refractivity contribution in [2.75, 3.05) is 5.32 Å². The zero-order valence-electron chi connectivity index (χ0n) is 9.42. The highest BCUT2D eigenvalue weighted by Gasteiger charge is 2.10. The molecule has 3 heteroatoms. The fourth-order valence-corrected chi connectivity index (χ4v) is 1.36. The molecule has 84 valence electrons. The fourth-order valence-electron chi connectivity index (χ4n) is 1.36. The number of hydrogen-bond donors (Lipinski definition) is 2. The predicted molar refractivity (Wildman–Crippen MR) is 60.6 cm³/mol. The van der Waals surface area contributed by atoms with E-state index in [1.54, 1.807) is 6.07 Å². The van der Waals surface area contributed by atoms with Gasteiger partial charge in [-0.2, -0.15) is 0 Å². The Kier molecular flexibility index (Phi) is 3.95. The van der Waals surface area contributed by atoms with Crippen LogP contribution in [0.2, 0.25) is 0 Å². The van der Waals surface area contributed by atoms with Gasteiger partial charge in [0.15, 0.2) is 11.6 Å². The largest absolute Gasteiger partial charge is 0.505 e. The van der Waals surface area contributed by atoms with Crippen LogP contribution < -0.4 is 5.32 Å². The lowest BCUT2D eigenvalue weighted by Crippen LogP contribution is -2.23. The van der Waals surface area contributed by atoms with E-state index >= 15 is 0 Å². The minimum Gasteiger partial charge on any atom is -0.505 e. The van der Waals surface area contributed by atoms with E-state index in [1.807, 2.05) is 0 Å². The highest BCUT2D eigenvalue weighted by Crippen LogP contribution is 2.21. The van der Waals surface area contributed by atoms with Gasteiger partial charge in [0.2, 0.25) is 0 Å². The van der Waals surface area contributed by atoms with Crippen LogP contribution in [0, 0.1) is 11.7 Å². The standard InChI is InChI=1S/C12H18FNO/c1-4-8(2)9(3)14-10-5-6-12(15)11(13)7-10/h5-9,14-15H,4H2,1-3H3. The van der Waals surface area contributed by atoms with Crippen molar-refractivity contribution >= 4 is 5.69 Å². The number of phenols is 1. The molecule has 0 fully saturated rings. The Morgan fingerprint density at radius 2 is 2.07 bits per heavy atom. The summed E-state index contributed by atoms with van der Waals surface area (Å²) < 4.78 is 13.0. The van der Waals surface area contributed by atoms with Crippen molar-refractivity contribution < 1.29 is 9.50 Å². The Morgan fingerprint density at radius 3 is 2.60 bits per heavy atom. The van der Waals surface area contributed by atoms with Crippen LogP contribution >= 0.6 is 0 Å². The summed E-state index contributed by atoms with van der Waals surface area (Å²) in [5, 5.41) is 12.2. The zero-order valence-corrected chi connectivity index (χ0v) is 9.42. The third-order valence-electron chi connectivity index (χ3n) is 2.84. The molecular formula is C12H18FNO. The fraction of sp³-hybridized carbons (Fsp3) is 0.500. The molecule has 0 saturated heterocycles. The van der Waals surface area contributed by atoms with E-state index in [9.17, 15) is 4.39 Å². The van der Waals surface area contributed by atoms with Gasteiger partial charge in [-0.25, -0.2) is 4.39 Å². The topological polar surface area (TPSA) is 32.3 Å². The molecule has 1 aromatic rings. The van der Waals surface area contributed by atoms with Gasteiger partial charge in [-0.15, -0.1) is 0 Å². The summed E-state index contributed by atoms with van der Waals surface area (Å²) in [5.74, 6) is -0.366. The molecule has 0 aliphatic carbocycles. The molecular weight excluding hydrogens is 193 g/mol. The van der Waals surface area contributed by atoms with Crippen molar-refractivity contribution in [2.24, 2.45) is 5.92 Å². The second-order valence-electron chi connectivity index (χ2n) is 3.98. The molecule has 0 spiro atoms. The van der Waals surface area contributed by atoms with Gasteiger partial charge in [0.1, 0.15) is 0 Å². The molecule has 0 saturated carbocycles. The van der Waals surface area contributed by atoms with E-state index in [1.165, 1.54) is 12.1 Å². The van der Waals surface area contributed by atoms with Crippen molar-refractivity contribution in [2.45, 2.75) is 33.2 Å². The lowest BCUT2D eigenvalue weighted by molar-refractivity contribution is 0.432. The van der Waals surface area contributed by atoms with Crippen LogP contribution in [0.4, 0.5) is 10.1 Å². The first kappa shape index (κ1) is 11.8. The molecule has 1 rings (SSSR count). The number of rotatable bonds is 4. The smallest absolute Gasteiger partial charge is 0.166 e. The van der Waals surface area contributed by atoms with E-state index < -0.39 is 5.82 Å². The minimum atomic E-state index is -0.587. The third-order valence-corrected chi connectivity index (χ3v) is 2.84. The number of nitrogens with one attached hydrogen (secondary N) is 1. The molecule has 2 atom stereocenters. The van der Waals surface area contributed by atoms with Crippen molar-refractivity contribution in [3.8, 4) is 5.75 Å². The van der Waals surface area contributed by atoms with Crippen LogP contribution in [0.5, 0.6) is 5.75 Å². The van der Waals surface area contributed by atoms with Crippen molar-refractivity contribution in [3.63, 3.8) is 0 Å². The predicted octanol–water partition coefficient (Wildman–Crippen LogP) is 3.38. The molecule has 2 N–H and O–H groups in total. The number of anilines is 1. The average Bonchev–Trinajstić information content (AvgIpc) is 2.22. The van der Waals surface area contributed by atoms with Crippen LogP contribution in [0.15, 0.2) is 18.2 Å². The van der Waals surface area contributed by atoms with Gasteiger partial charge in [-0.1, -0.05) is 20.3 Å². The zero-order chi connectivity index (χ0) is 11.4. The number of benzene rings is 1. The first-order valence-corrected chi connectivity index (χ1v) is 5.29. The van der Waals surface area contributed by atoms with Gasteiger partial charge < -0.3 is 10.4 Å². The van der Waals surface area contributed by atoms with E-state index in [4.69, 9.17) is 5.11 Å². The van der Waals surface area contributed by atoms with Crippen LogP contribution in [-0.2, 0) is 0 Å². The van der Waals surface area contributed by atoms with Gasteiger partial charge >= 0.3 is 0 Å². The molecule has 1 aromatic carbocycles. The van der Waals surface area contributed by atoms with Gasteiger partial charge in [-0.05, 0) is 25.0 Å². The second-order valence-corrected chi connectivity index (χ2v) is 3.98. The number of hydrogen-bond acceptors (Lipinski definition) is 2. The molecule has 0 heterocycles. The summed E-state index contributed by atoms with van der Waals surface area (Å²) in [6.07, 6.45) is 1.08. The normalized spacial score (nSPS) is 14.7. The first-order valence-electron chi connectivity index (χ1n) is 5.29. The average molecular weight is 211 g/mol. The SMILES string of the molecule is CCC(C)C(C)Nc1ccc(O)c(F)c1. The van der Waals surface area contributed by atoms with Crippen LogP contribution in [0.3, 0.4) is 0 Å². The number of phenolic OH excluding ortho intramolecular Hbond substituents is 1. The van der Waals surface area contributed by atoms with Crippen LogP contribution in [0.1, 0.15) is 27.2 Å². The van der Waals surface area contributed by atoms with Crippen molar-refractivity contribution in [1.82, 2.24) is 0 Å². The number of aromatic hydroxyl groups is 1. The Hall–Kier alpha value is -1.25. The highest BCUT2D eigenvalue weighted by atomic mass is 19.1. The first-order chi connectivity index (χ1) is 7.04. The van der Waals surface area contributed by atoms with E-state index in [2.05, 4.69) is 26.1 Å². The van der Waals surface area contributed by atoms with Crippen LogP contribution in [0.25, 0.3) is 0 Å². The quantitative estimate of drug-likeness (QED) is 0.748. The Bertz CT molecular complexity index is 327. The summed E-state index contributed by atoms with van der Waals surface area (Å²) in [4.78, 5) is 0. The van der Waals surface area contributed by atoms with Crippen molar-refractivity contribution in [3.05, 3.63) is 24.0 Å². The summed E-state index contributed by atoms with van der Waals surface area (Å²) in [6.45, 7) is 6.34.